The van der Waals surface area contributed by atoms with Crippen LogP contribution in [0.15, 0.2) is 28.7 Å². The number of carbonyl (C=O) groups is 2. The lowest BCUT2D eigenvalue weighted by molar-refractivity contribution is 0.0979. The quantitative estimate of drug-likeness (QED) is 0.0860. The zero-order valence-corrected chi connectivity index (χ0v) is 28.8. The highest BCUT2D eigenvalue weighted by atomic mass is 127. The van der Waals surface area contributed by atoms with Crippen molar-refractivity contribution in [2.45, 2.75) is 142 Å². The molecule has 0 aromatic heterocycles. The Bertz CT molecular complexity index is 1020. The molecule has 2 aromatic rings. The molecule has 4 heteroatoms. The molecule has 220 valence electrons. The lowest BCUT2D eigenvalue weighted by atomic mass is 9.81. The normalized spacial score (nSPS) is 12.6. The van der Waals surface area contributed by atoms with E-state index in [0.717, 1.165) is 33.7 Å². The number of fused-ring (bicyclic) bond motifs is 2. The molecule has 0 bridgehead atoms. The van der Waals surface area contributed by atoms with Crippen LogP contribution in [0.1, 0.15) is 172 Å². The van der Waals surface area contributed by atoms with Crippen molar-refractivity contribution in [3.05, 3.63) is 65.7 Å². The van der Waals surface area contributed by atoms with Gasteiger partial charge in [-0.2, -0.15) is 0 Å². The fourth-order valence-electron chi connectivity index (χ4n) is 6.00. The number of rotatable bonds is 20. The molecule has 2 aromatic carbocycles. The highest BCUT2D eigenvalue weighted by Crippen LogP contribution is 2.34. The van der Waals surface area contributed by atoms with Crippen molar-refractivity contribution >= 4 is 50.1 Å². The van der Waals surface area contributed by atoms with Crippen LogP contribution in [0.4, 0.5) is 0 Å². The summed E-state index contributed by atoms with van der Waals surface area (Å²) in [6.07, 6.45) is 25.6. The van der Waals surface area contributed by atoms with Gasteiger partial charge in [0.15, 0.2) is 11.6 Å². The van der Waals surface area contributed by atoms with Crippen molar-refractivity contribution in [2.75, 3.05) is 0 Å². The molecule has 0 aliphatic heterocycles. The average molecular weight is 722 g/mol. The van der Waals surface area contributed by atoms with E-state index in [1.165, 1.54) is 114 Å². The molecule has 0 amide bonds. The van der Waals surface area contributed by atoms with Crippen LogP contribution in [0.5, 0.6) is 0 Å². The molecule has 0 saturated carbocycles. The van der Waals surface area contributed by atoms with E-state index in [0.29, 0.717) is 22.3 Å². The lowest BCUT2D eigenvalue weighted by Gasteiger charge is -2.21. The summed E-state index contributed by atoms with van der Waals surface area (Å²) in [6.45, 7) is 4.54. The third-order valence-corrected chi connectivity index (χ3v) is 10.8. The Morgan fingerprint density at radius 2 is 0.825 bits per heavy atom. The van der Waals surface area contributed by atoms with Crippen LogP contribution in [0.3, 0.4) is 0 Å². The van der Waals surface area contributed by atoms with Gasteiger partial charge in [-0.15, -0.1) is 0 Å². The maximum atomic E-state index is 13.6. The standard InChI is InChI=1S/C36H50BrIO2/c1-3-5-7-9-11-13-15-17-19-21-27-23-29-30(24-28(27)22-20-18-16-14-12-10-8-6-4-2)36(40)32-26-34(38)33(37)25-31(32)35(29)39/h23-26H,3-22H2,1-2H3. The summed E-state index contributed by atoms with van der Waals surface area (Å²) in [5.74, 6) is -0.0115. The van der Waals surface area contributed by atoms with Gasteiger partial charge in [0.05, 0.1) is 0 Å². The number of aryl methyl sites for hydroxylation is 2. The van der Waals surface area contributed by atoms with E-state index in [2.05, 4.69) is 64.5 Å². The van der Waals surface area contributed by atoms with Gasteiger partial charge in [0.1, 0.15) is 0 Å². The zero-order valence-electron chi connectivity index (χ0n) is 25.0. The van der Waals surface area contributed by atoms with Gasteiger partial charge < -0.3 is 0 Å². The molecule has 0 unspecified atom stereocenters. The van der Waals surface area contributed by atoms with Gasteiger partial charge in [-0.05, 0) is 99.6 Å². The molecular formula is C36H50BrIO2. The van der Waals surface area contributed by atoms with Crippen molar-refractivity contribution in [1.29, 1.82) is 0 Å². The number of ketones is 2. The molecule has 0 atom stereocenters. The fraction of sp³-hybridized carbons (Fsp3) is 0.611. The second kappa shape index (κ2) is 18.5. The molecule has 0 radical (unpaired) electrons. The Morgan fingerprint density at radius 1 is 0.500 bits per heavy atom. The zero-order chi connectivity index (χ0) is 28.7. The maximum absolute atomic E-state index is 13.6. The third kappa shape index (κ3) is 10.1. The van der Waals surface area contributed by atoms with E-state index in [1.54, 1.807) is 0 Å². The van der Waals surface area contributed by atoms with E-state index in [-0.39, 0.29) is 11.6 Å². The molecule has 0 N–H and O–H groups in total. The summed E-state index contributed by atoms with van der Waals surface area (Å²) >= 11 is 5.77. The van der Waals surface area contributed by atoms with Gasteiger partial charge in [0.25, 0.3) is 0 Å². The SMILES string of the molecule is CCCCCCCCCCCc1cc2c(cc1CCCCCCCCCCC)C(=O)c1cc(I)c(Br)cc1C2=O. The summed E-state index contributed by atoms with van der Waals surface area (Å²) in [5.41, 5.74) is 4.87. The second-order valence-electron chi connectivity index (χ2n) is 11.8. The molecule has 0 heterocycles. The minimum Gasteiger partial charge on any atom is -0.289 e. The van der Waals surface area contributed by atoms with Crippen LogP contribution in [0, 0.1) is 3.57 Å². The van der Waals surface area contributed by atoms with Crippen molar-refractivity contribution < 1.29 is 9.59 Å². The number of unbranched alkanes of at least 4 members (excludes halogenated alkanes) is 16. The van der Waals surface area contributed by atoms with Crippen molar-refractivity contribution in [2.24, 2.45) is 0 Å². The number of carbonyl (C=O) groups excluding carboxylic acids is 2. The molecule has 1 aliphatic rings. The predicted molar refractivity (Wildman–Crippen MR) is 182 cm³/mol. The van der Waals surface area contributed by atoms with Crippen LogP contribution in [-0.2, 0) is 12.8 Å². The summed E-state index contributed by atoms with van der Waals surface area (Å²) < 4.78 is 1.83. The van der Waals surface area contributed by atoms with E-state index in [9.17, 15) is 9.59 Å². The van der Waals surface area contributed by atoms with Crippen LogP contribution in [-0.4, -0.2) is 11.6 Å². The Kier molecular flexibility index (Phi) is 15.5. The Hall–Kier alpha value is -1.01. The smallest absolute Gasteiger partial charge is 0.194 e. The Balaban J connectivity index is 1.65. The predicted octanol–water partition coefficient (Wildman–Crippen LogP) is 12.0. The summed E-state index contributed by atoms with van der Waals surface area (Å²) in [6, 6.07) is 7.86. The van der Waals surface area contributed by atoms with Gasteiger partial charge in [-0.1, -0.05) is 117 Å². The molecular weight excluding hydrogens is 671 g/mol. The van der Waals surface area contributed by atoms with Crippen molar-refractivity contribution in [3.63, 3.8) is 0 Å². The third-order valence-electron chi connectivity index (χ3n) is 8.48. The first-order chi connectivity index (χ1) is 19.5. The maximum Gasteiger partial charge on any atom is 0.194 e. The summed E-state index contributed by atoms with van der Waals surface area (Å²) in [5, 5.41) is 0. The number of benzene rings is 2. The highest BCUT2D eigenvalue weighted by molar-refractivity contribution is 14.1. The first kappa shape index (κ1) is 33.5. The van der Waals surface area contributed by atoms with E-state index in [4.69, 9.17) is 0 Å². The van der Waals surface area contributed by atoms with E-state index < -0.39 is 0 Å². The molecule has 3 rings (SSSR count). The van der Waals surface area contributed by atoms with Crippen LogP contribution in [0.25, 0.3) is 0 Å². The molecule has 0 spiro atoms. The number of hydrogen-bond acceptors (Lipinski definition) is 2. The van der Waals surface area contributed by atoms with Crippen molar-refractivity contribution in [1.82, 2.24) is 0 Å². The first-order valence-corrected chi connectivity index (χ1v) is 18.1. The van der Waals surface area contributed by atoms with E-state index >= 15 is 0 Å². The molecule has 0 saturated heterocycles. The summed E-state index contributed by atoms with van der Waals surface area (Å²) in [7, 11) is 0. The van der Waals surface area contributed by atoms with Gasteiger partial charge in [-0.3, -0.25) is 9.59 Å². The number of hydrogen-bond donors (Lipinski definition) is 0. The Morgan fingerprint density at radius 3 is 1.23 bits per heavy atom. The lowest BCUT2D eigenvalue weighted by Crippen LogP contribution is -2.22. The average Bonchev–Trinajstić information content (AvgIpc) is 2.95. The summed E-state index contributed by atoms with van der Waals surface area (Å²) in [4.78, 5) is 27.1. The molecule has 40 heavy (non-hydrogen) atoms. The van der Waals surface area contributed by atoms with Gasteiger partial charge in [-0.25, -0.2) is 0 Å². The minimum absolute atomic E-state index is 0.00188. The van der Waals surface area contributed by atoms with Crippen LogP contribution in [0.2, 0.25) is 0 Å². The monoisotopic (exact) mass is 720 g/mol. The van der Waals surface area contributed by atoms with Crippen LogP contribution < -0.4 is 0 Å². The molecule has 1 aliphatic carbocycles. The fourth-order valence-corrected chi connectivity index (χ4v) is 6.81. The molecule has 0 fully saturated rings. The Labute approximate surface area is 266 Å². The van der Waals surface area contributed by atoms with Gasteiger partial charge in [0, 0.05) is 30.3 Å². The molecule has 2 nitrogen and oxygen atoms in total. The second-order valence-corrected chi connectivity index (χ2v) is 13.8. The van der Waals surface area contributed by atoms with Crippen LogP contribution >= 0.6 is 38.5 Å². The first-order valence-electron chi connectivity index (χ1n) is 16.2. The number of halogens is 2. The van der Waals surface area contributed by atoms with Gasteiger partial charge >= 0.3 is 0 Å². The largest absolute Gasteiger partial charge is 0.289 e. The van der Waals surface area contributed by atoms with Crippen molar-refractivity contribution in [3.8, 4) is 0 Å². The minimum atomic E-state index is -0.00958. The topological polar surface area (TPSA) is 34.1 Å². The van der Waals surface area contributed by atoms with E-state index in [1.807, 2.05) is 12.1 Å². The van der Waals surface area contributed by atoms with Gasteiger partial charge in [0.2, 0.25) is 0 Å². The highest BCUT2D eigenvalue weighted by Gasteiger charge is 2.31.